The molecule has 7 heteroatoms. The fraction of sp³-hybridized carbons (Fsp3) is 0.0769. The Labute approximate surface area is 111 Å². The van der Waals surface area contributed by atoms with E-state index < -0.39 is 17.7 Å². The third-order valence-electron chi connectivity index (χ3n) is 2.45. The Kier molecular flexibility index (Phi) is 3.60. The molecule has 0 aliphatic rings. The van der Waals surface area contributed by atoms with Gasteiger partial charge in [-0.15, -0.1) is 0 Å². The highest BCUT2D eigenvalue weighted by Gasteiger charge is 2.29. The first kappa shape index (κ1) is 13.9. The molecule has 1 heterocycles. The van der Waals surface area contributed by atoms with E-state index >= 15 is 0 Å². The number of nitrogens with one attached hydrogen (secondary N) is 1. The number of benzene rings is 1. The molecule has 0 saturated carbocycles. The molecule has 0 aliphatic carbocycles. The molecule has 1 aromatic heterocycles. The minimum atomic E-state index is -4.39. The Morgan fingerprint density at radius 1 is 1.10 bits per heavy atom. The first-order valence-corrected chi connectivity index (χ1v) is 5.51. The molecule has 0 unspecified atom stereocenters. The molecule has 0 fully saturated rings. The van der Waals surface area contributed by atoms with Gasteiger partial charge < -0.3 is 10.4 Å². The van der Waals surface area contributed by atoms with Crippen molar-refractivity contribution in [3.63, 3.8) is 0 Å². The number of carbonyl (C=O) groups is 1. The molecule has 2 aromatic rings. The SMILES string of the molecule is O=C(O)c1cccc(Nc2ccc(C(F)(F)F)cc2)n1. The van der Waals surface area contributed by atoms with Crippen molar-refractivity contribution in [2.45, 2.75) is 6.18 Å². The van der Waals surface area contributed by atoms with Crippen LogP contribution in [0.4, 0.5) is 24.7 Å². The smallest absolute Gasteiger partial charge is 0.416 e. The zero-order valence-corrected chi connectivity index (χ0v) is 9.98. The summed E-state index contributed by atoms with van der Waals surface area (Å²) < 4.78 is 37.2. The van der Waals surface area contributed by atoms with Crippen molar-refractivity contribution < 1.29 is 23.1 Å². The summed E-state index contributed by atoms with van der Waals surface area (Å²) in [6.07, 6.45) is -4.39. The highest BCUT2D eigenvalue weighted by Crippen LogP contribution is 2.30. The van der Waals surface area contributed by atoms with Crippen LogP contribution >= 0.6 is 0 Å². The number of hydrogen-bond donors (Lipinski definition) is 2. The predicted octanol–water partition coefficient (Wildman–Crippen LogP) is 3.54. The van der Waals surface area contributed by atoms with Crippen LogP contribution in [0.5, 0.6) is 0 Å². The molecule has 0 atom stereocenters. The Morgan fingerprint density at radius 3 is 2.30 bits per heavy atom. The molecule has 0 bridgehead atoms. The summed E-state index contributed by atoms with van der Waals surface area (Å²) in [7, 11) is 0. The van der Waals surface area contributed by atoms with Gasteiger partial charge in [0.15, 0.2) is 5.69 Å². The quantitative estimate of drug-likeness (QED) is 0.903. The Balaban J connectivity index is 2.18. The van der Waals surface area contributed by atoms with Crippen molar-refractivity contribution in [2.75, 3.05) is 5.32 Å². The van der Waals surface area contributed by atoms with Gasteiger partial charge in [-0.05, 0) is 36.4 Å². The maximum Gasteiger partial charge on any atom is 0.416 e. The summed E-state index contributed by atoms with van der Waals surface area (Å²) in [6.45, 7) is 0. The number of carboxylic acids is 1. The van der Waals surface area contributed by atoms with Crippen LogP contribution in [-0.2, 0) is 6.18 Å². The molecule has 2 N–H and O–H groups in total. The van der Waals surface area contributed by atoms with Gasteiger partial charge in [0.1, 0.15) is 5.82 Å². The zero-order valence-electron chi connectivity index (χ0n) is 9.98. The molecular weight excluding hydrogens is 273 g/mol. The van der Waals surface area contributed by atoms with Gasteiger partial charge >= 0.3 is 12.1 Å². The molecular formula is C13H9F3N2O2. The van der Waals surface area contributed by atoms with Gasteiger partial charge in [-0.25, -0.2) is 9.78 Å². The van der Waals surface area contributed by atoms with Crippen molar-refractivity contribution in [1.82, 2.24) is 4.98 Å². The van der Waals surface area contributed by atoms with Crippen molar-refractivity contribution in [1.29, 1.82) is 0 Å². The average molecular weight is 282 g/mol. The van der Waals surface area contributed by atoms with Crippen LogP contribution in [0.25, 0.3) is 0 Å². The fourth-order valence-corrected chi connectivity index (χ4v) is 1.51. The van der Waals surface area contributed by atoms with E-state index in [1.165, 1.54) is 30.3 Å². The van der Waals surface area contributed by atoms with Crippen molar-refractivity contribution >= 4 is 17.5 Å². The second kappa shape index (κ2) is 5.20. The molecule has 0 spiro atoms. The van der Waals surface area contributed by atoms with E-state index in [9.17, 15) is 18.0 Å². The summed E-state index contributed by atoms with van der Waals surface area (Å²) in [5.41, 5.74) is -0.523. The summed E-state index contributed by atoms with van der Waals surface area (Å²) in [5, 5.41) is 11.5. The zero-order chi connectivity index (χ0) is 14.8. The molecule has 4 nitrogen and oxygen atoms in total. The third-order valence-corrected chi connectivity index (χ3v) is 2.45. The van der Waals surface area contributed by atoms with Crippen LogP contribution < -0.4 is 5.32 Å². The van der Waals surface area contributed by atoms with E-state index in [4.69, 9.17) is 5.11 Å². The molecule has 1 aromatic carbocycles. The molecule has 2 rings (SSSR count). The number of carboxylic acid groups (broad SMARTS) is 1. The van der Waals surface area contributed by atoms with Crippen LogP contribution in [0.3, 0.4) is 0 Å². The van der Waals surface area contributed by atoms with Crippen LogP contribution in [0.15, 0.2) is 42.5 Å². The van der Waals surface area contributed by atoms with Crippen molar-refractivity contribution in [2.24, 2.45) is 0 Å². The van der Waals surface area contributed by atoms with Gasteiger partial charge in [0, 0.05) is 5.69 Å². The Hall–Kier alpha value is -2.57. The first-order valence-electron chi connectivity index (χ1n) is 5.51. The lowest BCUT2D eigenvalue weighted by atomic mass is 10.2. The molecule has 0 amide bonds. The van der Waals surface area contributed by atoms with Crippen LogP contribution in [0, 0.1) is 0 Å². The Bertz CT molecular complexity index is 624. The minimum Gasteiger partial charge on any atom is -0.477 e. The number of halogens is 3. The molecule has 0 aliphatic heterocycles. The number of aromatic nitrogens is 1. The number of rotatable bonds is 3. The highest BCUT2D eigenvalue weighted by molar-refractivity contribution is 5.85. The number of alkyl halides is 3. The second-order valence-electron chi connectivity index (χ2n) is 3.91. The number of nitrogens with zero attached hydrogens (tertiary/aromatic N) is 1. The van der Waals surface area contributed by atoms with Crippen molar-refractivity contribution in [3.8, 4) is 0 Å². The van der Waals surface area contributed by atoms with Gasteiger partial charge in [0.25, 0.3) is 0 Å². The van der Waals surface area contributed by atoms with E-state index in [-0.39, 0.29) is 11.5 Å². The number of hydrogen-bond acceptors (Lipinski definition) is 3. The van der Waals surface area contributed by atoms with Crippen LogP contribution in [-0.4, -0.2) is 16.1 Å². The van der Waals surface area contributed by atoms with Crippen molar-refractivity contribution in [3.05, 3.63) is 53.7 Å². The number of aromatic carboxylic acids is 1. The van der Waals surface area contributed by atoms with Crippen LogP contribution in [0.2, 0.25) is 0 Å². The largest absolute Gasteiger partial charge is 0.477 e. The Morgan fingerprint density at radius 2 is 1.75 bits per heavy atom. The number of anilines is 2. The lowest BCUT2D eigenvalue weighted by Gasteiger charge is -2.09. The first-order chi connectivity index (χ1) is 9.36. The van der Waals surface area contributed by atoms with Gasteiger partial charge in [-0.1, -0.05) is 6.07 Å². The van der Waals surface area contributed by atoms with E-state index in [0.717, 1.165) is 12.1 Å². The lowest BCUT2D eigenvalue weighted by Crippen LogP contribution is -2.05. The standard InChI is InChI=1S/C13H9F3N2O2/c14-13(15,16)8-4-6-9(7-5-8)17-11-3-1-2-10(18-11)12(19)20/h1-7H,(H,17,18)(H,19,20). The molecule has 104 valence electrons. The predicted molar refractivity (Wildman–Crippen MR) is 65.9 cm³/mol. The molecule has 0 radical (unpaired) electrons. The van der Waals surface area contributed by atoms with Gasteiger partial charge in [-0.3, -0.25) is 0 Å². The lowest BCUT2D eigenvalue weighted by molar-refractivity contribution is -0.137. The normalized spacial score (nSPS) is 11.2. The topological polar surface area (TPSA) is 62.2 Å². The minimum absolute atomic E-state index is 0.151. The molecule has 20 heavy (non-hydrogen) atoms. The van der Waals surface area contributed by atoms with Gasteiger partial charge in [0.2, 0.25) is 0 Å². The van der Waals surface area contributed by atoms with Gasteiger partial charge in [0.05, 0.1) is 5.56 Å². The summed E-state index contributed by atoms with van der Waals surface area (Å²) in [5.74, 6) is -0.939. The van der Waals surface area contributed by atoms with E-state index in [1.807, 2.05) is 0 Å². The highest BCUT2D eigenvalue weighted by atomic mass is 19.4. The summed E-state index contributed by atoms with van der Waals surface area (Å²) in [4.78, 5) is 14.6. The van der Waals surface area contributed by atoms with E-state index in [0.29, 0.717) is 5.69 Å². The maximum atomic E-state index is 12.4. The van der Waals surface area contributed by atoms with Gasteiger partial charge in [-0.2, -0.15) is 13.2 Å². The number of pyridine rings is 1. The van der Waals surface area contributed by atoms with E-state index in [1.54, 1.807) is 0 Å². The average Bonchev–Trinajstić information content (AvgIpc) is 2.38. The fourth-order valence-electron chi connectivity index (χ4n) is 1.51. The summed E-state index contributed by atoms with van der Waals surface area (Å²) in [6, 6.07) is 8.69. The second-order valence-corrected chi connectivity index (χ2v) is 3.91. The van der Waals surface area contributed by atoms with E-state index in [2.05, 4.69) is 10.3 Å². The van der Waals surface area contributed by atoms with Crippen LogP contribution in [0.1, 0.15) is 16.1 Å². The molecule has 0 saturated heterocycles. The maximum absolute atomic E-state index is 12.4. The monoisotopic (exact) mass is 282 g/mol. The third kappa shape index (κ3) is 3.25. The summed E-state index contributed by atoms with van der Waals surface area (Å²) >= 11 is 0.